The van der Waals surface area contributed by atoms with Gasteiger partial charge in [0, 0.05) is 39.5 Å². The highest BCUT2D eigenvalue weighted by molar-refractivity contribution is 7.17. The third kappa shape index (κ3) is 4.11. The van der Waals surface area contributed by atoms with Gasteiger partial charge in [0.05, 0.1) is 16.5 Å². The van der Waals surface area contributed by atoms with E-state index in [-0.39, 0.29) is 11.8 Å². The molecule has 1 amide bonds. The van der Waals surface area contributed by atoms with Gasteiger partial charge in [0.25, 0.3) is 0 Å². The van der Waals surface area contributed by atoms with Gasteiger partial charge in [-0.25, -0.2) is 4.98 Å². The molecule has 1 aliphatic rings. The summed E-state index contributed by atoms with van der Waals surface area (Å²) < 4.78 is 41.4. The van der Waals surface area contributed by atoms with Crippen molar-refractivity contribution in [3.8, 4) is 5.88 Å². The topological polar surface area (TPSA) is 74.0 Å². The Labute approximate surface area is 180 Å². The number of aromatic hydroxyl groups is 1. The van der Waals surface area contributed by atoms with Gasteiger partial charge in [0.2, 0.25) is 16.7 Å². The highest BCUT2D eigenvalue weighted by Gasteiger charge is 2.35. The van der Waals surface area contributed by atoms with Crippen molar-refractivity contribution in [2.75, 3.05) is 26.2 Å². The van der Waals surface area contributed by atoms with E-state index >= 15 is 0 Å². The van der Waals surface area contributed by atoms with Crippen LogP contribution in [0.25, 0.3) is 4.96 Å². The Balaban J connectivity index is 1.78. The summed E-state index contributed by atoms with van der Waals surface area (Å²) in [5.74, 6) is 0.423. The van der Waals surface area contributed by atoms with E-state index in [9.17, 15) is 23.1 Å². The van der Waals surface area contributed by atoms with Crippen molar-refractivity contribution in [3.63, 3.8) is 0 Å². The largest absolute Gasteiger partial charge is 0.492 e. The first kappa shape index (κ1) is 21.6. The molecule has 0 aliphatic carbocycles. The van der Waals surface area contributed by atoms with E-state index in [2.05, 4.69) is 10.1 Å². The van der Waals surface area contributed by atoms with Crippen molar-refractivity contribution < 1.29 is 23.1 Å². The van der Waals surface area contributed by atoms with Crippen LogP contribution in [0, 0.1) is 0 Å². The first-order chi connectivity index (χ1) is 14.7. The summed E-state index contributed by atoms with van der Waals surface area (Å²) in [4.78, 5) is 20.7. The molecule has 7 nitrogen and oxygen atoms in total. The molecule has 1 aliphatic heterocycles. The van der Waals surface area contributed by atoms with Gasteiger partial charge in [0.1, 0.15) is 0 Å². The molecule has 166 valence electrons. The van der Waals surface area contributed by atoms with Crippen LogP contribution >= 0.6 is 11.3 Å². The number of fused-ring (bicyclic) bond motifs is 1. The van der Waals surface area contributed by atoms with E-state index in [0.717, 1.165) is 12.1 Å². The smallest absolute Gasteiger partial charge is 0.416 e. The zero-order valence-corrected chi connectivity index (χ0v) is 17.9. The van der Waals surface area contributed by atoms with Gasteiger partial charge in [-0.2, -0.15) is 17.7 Å². The van der Waals surface area contributed by atoms with Crippen LogP contribution in [0.15, 0.2) is 24.3 Å². The molecule has 0 spiro atoms. The van der Waals surface area contributed by atoms with E-state index in [1.165, 1.54) is 28.8 Å². The number of amides is 1. The first-order valence-electron chi connectivity index (χ1n) is 9.93. The number of carbonyl (C=O) groups excluding carboxylic acids is 1. The second-order valence-corrected chi connectivity index (χ2v) is 8.44. The molecule has 1 atom stereocenters. The molecule has 1 aromatic carbocycles. The van der Waals surface area contributed by atoms with Crippen LogP contribution in [0.4, 0.5) is 13.2 Å². The van der Waals surface area contributed by atoms with Gasteiger partial charge in [0.15, 0.2) is 5.82 Å². The lowest BCUT2D eigenvalue weighted by molar-refractivity contribution is -0.137. The lowest BCUT2D eigenvalue weighted by Crippen LogP contribution is -2.49. The highest BCUT2D eigenvalue weighted by atomic mass is 32.1. The number of aryl methyl sites for hydroxylation is 1. The Morgan fingerprint density at radius 1 is 1.26 bits per heavy atom. The van der Waals surface area contributed by atoms with Crippen LogP contribution in [0.1, 0.15) is 41.7 Å². The van der Waals surface area contributed by atoms with Crippen LogP contribution < -0.4 is 0 Å². The molecule has 1 fully saturated rings. The number of halogens is 3. The molecule has 1 saturated heterocycles. The summed E-state index contributed by atoms with van der Waals surface area (Å²) in [5.41, 5.74) is -0.328. The average Bonchev–Trinajstić information content (AvgIpc) is 3.27. The minimum absolute atomic E-state index is 0.0380. The van der Waals surface area contributed by atoms with Gasteiger partial charge in [-0.3, -0.25) is 9.69 Å². The monoisotopic (exact) mass is 453 g/mol. The SMILES string of the molecule is CCc1nc2sc([C@@H](c3cccc(C(F)(F)F)c3)N3CCN(C(C)=O)CC3)c(O)n2n1. The number of alkyl halides is 3. The van der Waals surface area contributed by atoms with Crippen LogP contribution in [-0.2, 0) is 17.4 Å². The van der Waals surface area contributed by atoms with Crippen molar-refractivity contribution in [2.45, 2.75) is 32.5 Å². The Bertz CT molecular complexity index is 1100. The van der Waals surface area contributed by atoms with Gasteiger partial charge < -0.3 is 10.0 Å². The third-order valence-corrected chi connectivity index (χ3v) is 6.54. The summed E-state index contributed by atoms with van der Waals surface area (Å²) in [6.45, 7) is 5.26. The number of piperazine rings is 1. The number of nitrogens with zero attached hydrogens (tertiary/aromatic N) is 5. The van der Waals surface area contributed by atoms with Crippen LogP contribution in [0.3, 0.4) is 0 Å². The second-order valence-electron chi connectivity index (χ2n) is 7.43. The van der Waals surface area contributed by atoms with Crippen molar-refractivity contribution in [3.05, 3.63) is 46.1 Å². The summed E-state index contributed by atoms with van der Waals surface area (Å²) in [6.07, 6.45) is -3.87. The van der Waals surface area contributed by atoms with Gasteiger partial charge >= 0.3 is 6.18 Å². The Kier molecular flexibility index (Phi) is 5.65. The fourth-order valence-corrected chi connectivity index (χ4v) is 4.96. The van der Waals surface area contributed by atoms with Crippen molar-refractivity contribution in [1.29, 1.82) is 0 Å². The van der Waals surface area contributed by atoms with Crippen LogP contribution in [0.2, 0.25) is 0 Å². The number of aromatic nitrogens is 3. The van der Waals surface area contributed by atoms with E-state index in [0.29, 0.717) is 53.8 Å². The molecule has 4 rings (SSSR count). The molecule has 3 aromatic rings. The Morgan fingerprint density at radius 2 is 1.97 bits per heavy atom. The van der Waals surface area contributed by atoms with Crippen molar-refractivity contribution in [2.24, 2.45) is 0 Å². The molecule has 2 aromatic heterocycles. The van der Waals surface area contributed by atoms with Crippen LogP contribution in [0.5, 0.6) is 5.88 Å². The minimum Gasteiger partial charge on any atom is -0.492 e. The molecule has 0 bridgehead atoms. The third-order valence-electron chi connectivity index (χ3n) is 5.46. The van der Waals surface area contributed by atoms with E-state index < -0.39 is 17.8 Å². The standard InChI is InChI=1S/C20H22F3N5O2S/c1-3-15-24-19-28(25-15)18(30)17(31-19)16(27-9-7-26(8-10-27)12(2)29)13-5-4-6-14(11-13)20(21,22)23/h4-6,11,16,30H,3,7-10H2,1-2H3/t16-/m1/s1. The number of thiazole rings is 1. The molecule has 0 unspecified atom stereocenters. The summed E-state index contributed by atoms with van der Waals surface area (Å²) in [6, 6.07) is 4.54. The Morgan fingerprint density at radius 3 is 2.55 bits per heavy atom. The summed E-state index contributed by atoms with van der Waals surface area (Å²) in [5, 5.41) is 15.2. The lowest BCUT2D eigenvalue weighted by Gasteiger charge is -2.39. The number of hydrogen-bond donors (Lipinski definition) is 1. The molecule has 0 saturated carbocycles. The average molecular weight is 453 g/mol. The molecule has 1 N–H and O–H groups in total. The normalized spacial score (nSPS) is 16.7. The summed E-state index contributed by atoms with van der Waals surface area (Å²) in [7, 11) is 0. The van der Waals surface area contributed by atoms with Crippen molar-refractivity contribution in [1.82, 2.24) is 24.4 Å². The maximum absolute atomic E-state index is 13.4. The number of benzene rings is 1. The minimum atomic E-state index is -4.47. The maximum Gasteiger partial charge on any atom is 0.416 e. The predicted octanol–water partition coefficient (Wildman–Crippen LogP) is 3.33. The van der Waals surface area contributed by atoms with E-state index in [1.807, 2.05) is 11.8 Å². The Hall–Kier alpha value is -2.66. The van der Waals surface area contributed by atoms with Gasteiger partial charge in [-0.15, -0.1) is 5.10 Å². The fourth-order valence-electron chi connectivity index (χ4n) is 3.83. The van der Waals surface area contributed by atoms with Crippen molar-refractivity contribution >= 4 is 22.2 Å². The predicted molar refractivity (Wildman–Crippen MR) is 109 cm³/mol. The fraction of sp³-hybridized carbons (Fsp3) is 0.450. The molecule has 11 heteroatoms. The van der Waals surface area contributed by atoms with Gasteiger partial charge in [-0.1, -0.05) is 30.4 Å². The van der Waals surface area contributed by atoms with E-state index in [1.54, 1.807) is 11.0 Å². The molecule has 3 heterocycles. The molecule has 31 heavy (non-hydrogen) atoms. The molecular formula is C20H22F3N5O2S. The number of hydrogen-bond acceptors (Lipinski definition) is 6. The van der Waals surface area contributed by atoms with Gasteiger partial charge in [-0.05, 0) is 17.7 Å². The number of rotatable bonds is 4. The number of carbonyl (C=O) groups is 1. The zero-order valence-electron chi connectivity index (χ0n) is 17.1. The molecular weight excluding hydrogens is 431 g/mol. The lowest BCUT2D eigenvalue weighted by atomic mass is 10.00. The van der Waals surface area contributed by atoms with Crippen LogP contribution in [-0.4, -0.2) is 61.6 Å². The first-order valence-corrected chi connectivity index (χ1v) is 10.7. The summed E-state index contributed by atoms with van der Waals surface area (Å²) >= 11 is 1.21. The molecule has 0 radical (unpaired) electrons. The maximum atomic E-state index is 13.4. The zero-order chi connectivity index (χ0) is 22.3. The van der Waals surface area contributed by atoms with E-state index in [4.69, 9.17) is 0 Å². The second kappa shape index (κ2) is 8.12. The quantitative estimate of drug-likeness (QED) is 0.656. The highest BCUT2D eigenvalue weighted by Crippen LogP contribution is 2.41.